The second-order valence-electron chi connectivity index (χ2n) is 9.65. The maximum Gasteiger partial charge on any atom is 0.242 e. The maximum atomic E-state index is 13.3. The van der Waals surface area contributed by atoms with E-state index < -0.39 is 15.6 Å². The largest absolute Gasteiger partial charge is 0.369 e. The molecule has 0 aliphatic carbocycles. The molecule has 1 aliphatic rings. The standard InChI is InChI=1S/C26H30FN5O2S/c1-4-11-30-12-9-23(17-30)35(33,34)29-26(3)10-13-31(18-26)24-15-20-16-28-32(25(20)14-19(24)2)22-7-5-21(27)6-8-22/h5-9,12,14-17,29H,4,10-11,13,18H2,1-3H3. The molecule has 3 heterocycles. The first-order chi connectivity index (χ1) is 16.7. The third-order valence-corrected chi connectivity index (χ3v) is 8.29. The van der Waals surface area contributed by atoms with Gasteiger partial charge >= 0.3 is 0 Å². The van der Waals surface area contributed by atoms with E-state index in [-0.39, 0.29) is 5.82 Å². The third-order valence-electron chi connectivity index (χ3n) is 6.67. The van der Waals surface area contributed by atoms with Crippen LogP contribution in [0.5, 0.6) is 0 Å². The van der Waals surface area contributed by atoms with E-state index in [0.29, 0.717) is 17.9 Å². The van der Waals surface area contributed by atoms with Crippen LogP contribution in [0.1, 0.15) is 32.3 Å². The van der Waals surface area contributed by atoms with E-state index in [0.717, 1.165) is 47.4 Å². The SMILES string of the molecule is CCCn1ccc(S(=O)(=O)NC2(C)CCN(c3cc4cnn(-c5ccc(F)cc5)c4cc3C)C2)c1. The van der Waals surface area contributed by atoms with Gasteiger partial charge in [0, 0.05) is 48.6 Å². The molecule has 0 amide bonds. The van der Waals surface area contributed by atoms with E-state index in [1.54, 1.807) is 35.3 Å². The first-order valence-corrected chi connectivity index (χ1v) is 13.3. The highest BCUT2D eigenvalue weighted by molar-refractivity contribution is 7.89. The molecule has 1 aliphatic heterocycles. The zero-order valence-electron chi connectivity index (χ0n) is 20.2. The van der Waals surface area contributed by atoms with Gasteiger partial charge in [0.2, 0.25) is 10.0 Å². The van der Waals surface area contributed by atoms with Crippen LogP contribution in [0.2, 0.25) is 0 Å². The van der Waals surface area contributed by atoms with Crippen molar-refractivity contribution in [1.82, 2.24) is 19.1 Å². The van der Waals surface area contributed by atoms with E-state index in [9.17, 15) is 12.8 Å². The molecular weight excluding hydrogens is 465 g/mol. The minimum Gasteiger partial charge on any atom is -0.369 e. The van der Waals surface area contributed by atoms with E-state index in [1.165, 1.54) is 12.1 Å². The minimum atomic E-state index is -3.62. The van der Waals surface area contributed by atoms with Crippen molar-refractivity contribution in [2.24, 2.45) is 0 Å². The first kappa shape index (κ1) is 23.6. The molecule has 0 spiro atoms. The quantitative estimate of drug-likeness (QED) is 0.406. The topological polar surface area (TPSA) is 72.2 Å². The number of aryl methyl sites for hydroxylation is 2. The first-order valence-electron chi connectivity index (χ1n) is 11.9. The van der Waals surface area contributed by atoms with Crippen LogP contribution >= 0.6 is 0 Å². The van der Waals surface area contributed by atoms with Gasteiger partial charge in [-0.15, -0.1) is 0 Å². The van der Waals surface area contributed by atoms with E-state index in [1.807, 2.05) is 24.6 Å². The molecule has 1 unspecified atom stereocenters. The monoisotopic (exact) mass is 495 g/mol. The summed E-state index contributed by atoms with van der Waals surface area (Å²) in [6.45, 7) is 8.18. The number of aromatic nitrogens is 3. The average molecular weight is 496 g/mol. The maximum absolute atomic E-state index is 13.3. The lowest BCUT2D eigenvalue weighted by molar-refractivity contribution is 0.456. The number of rotatable bonds is 7. The van der Waals surface area contributed by atoms with Crippen molar-refractivity contribution in [2.45, 2.75) is 50.6 Å². The summed E-state index contributed by atoms with van der Waals surface area (Å²) in [5.41, 5.74) is 3.30. The number of fused-ring (bicyclic) bond motifs is 1. The van der Waals surface area contributed by atoms with E-state index in [2.05, 4.69) is 33.8 Å². The van der Waals surface area contributed by atoms with Crippen LogP contribution in [0, 0.1) is 12.7 Å². The number of hydrogen-bond donors (Lipinski definition) is 1. The van der Waals surface area contributed by atoms with E-state index >= 15 is 0 Å². The highest BCUT2D eigenvalue weighted by Gasteiger charge is 2.38. The Morgan fingerprint density at radius 3 is 2.69 bits per heavy atom. The van der Waals surface area contributed by atoms with Gasteiger partial charge in [0.05, 0.1) is 22.3 Å². The fourth-order valence-electron chi connectivity index (χ4n) is 4.90. The molecule has 2 aromatic carbocycles. The lowest BCUT2D eigenvalue weighted by Crippen LogP contribution is -2.47. The predicted octanol–water partition coefficient (Wildman–Crippen LogP) is 4.63. The van der Waals surface area contributed by atoms with Gasteiger partial charge in [-0.1, -0.05) is 6.92 Å². The van der Waals surface area contributed by atoms with Crippen LogP contribution in [-0.4, -0.2) is 41.4 Å². The van der Waals surface area contributed by atoms with Crippen molar-refractivity contribution in [3.8, 4) is 5.69 Å². The molecule has 9 heteroatoms. The Labute approximate surface area is 205 Å². The van der Waals surface area contributed by atoms with Gasteiger partial charge in [-0.2, -0.15) is 5.10 Å². The van der Waals surface area contributed by atoms with Gasteiger partial charge in [-0.05, 0) is 74.7 Å². The summed E-state index contributed by atoms with van der Waals surface area (Å²) in [6, 6.07) is 12.1. The molecule has 0 saturated carbocycles. The zero-order chi connectivity index (χ0) is 24.8. The predicted molar refractivity (Wildman–Crippen MR) is 136 cm³/mol. The molecule has 0 bridgehead atoms. The molecule has 4 aromatic rings. The summed E-state index contributed by atoms with van der Waals surface area (Å²) in [5, 5.41) is 5.49. The Balaban J connectivity index is 1.37. The Hall–Kier alpha value is -3.17. The Bertz CT molecular complexity index is 1480. The molecular formula is C26H30FN5O2S. The number of anilines is 1. The summed E-state index contributed by atoms with van der Waals surface area (Å²) < 4.78 is 46.2. The van der Waals surface area contributed by atoms with Crippen molar-refractivity contribution < 1.29 is 12.8 Å². The second-order valence-corrected chi connectivity index (χ2v) is 11.3. The molecule has 1 N–H and O–H groups in total. The number of nitrogens with zero attached hydrogens (tertiary/aromatic N) is 4. The second kappa shape index (κ2) is 8.80. The summed E-state index contributed by atoms with van der Waals surface area (Å²) in [4.78, 5) is 2.53. The van der Waals surface area contributed by atoms with Crippen molar-refractivity contribution in [2.75, 3.05) is 18.0 Å². The Kier molecular flexibility index (Phi) is 5.93. The van der Waals surface area contributed by atoms with Gasteiger partial charge in [-0.3, -0.25) is 0 Å². The lowest BCUT2D eigenvalue weighted by Gasteiger charge is -2.27. The summed E-state index contributed by atoms with van der Waals surface area (Å²) in [5.74, 6) is -0.282. The molecule has 1 fully saturated rings. The van der Waals surface area contributed by atoms with Crippen LogP contribution in [0.25, 0.3) is 16.6 Å². The van der Waals surface area contributed by atoms with Gasteiger partial charge < -0.3 is 9.47 Å². The Morgan fingerprint density at radius 2 is 1.94 bits per heavy atom. The number of hydrogen-bond acceptors (Lipinski definition) is 4. The van der Waals surface area contributed by atoms with Crippen LogP contribution in [0.3, 0.4) is 0 Å². The number of halogens is 1. The van der Waals surface area contributed by atoms with Gasteiger partial charge in [0.25, 0.3) is 0 Å². The fraction of sp³-hybridized carbons (Fsp3) is 0.346. The number of benzene rings is 2. The van der Waals surface area contributed by atoms with Crippen molar-refractivity contribution in [3.63, 3.8) is 0 Å². The van der Waals surface area contributed by atoms with Crippen LogP contribution in [0.15, 0.2) is 66.0 Å². The molecule has 184 valence electrons. The smallest absolute Gasteiger partial charge is 0.242 e. The lowest BCUT2D eigenvalue weighted by atomic mass is 10.0. The van der Waals surface area contributed by atoms with Crippen LogP contribution < -0.4 is 9.62 Å². The molecule has 2 aromatic heterocycles. The molecule has 0 radical (unpaired) electrons. The van der Waals surface area contributed by atoms with Crippen molar-refractivity contribution in [1.29, 1.82) is 0 Å². The van der Waals surface area contributed by atoms with Crippen LogP contribution in [-0.2, 0) is 16.6 Å². The minimum absolute atomic E-state index is 0.282. The molecule has 1 saturated heterocycles. The average Bonchev–Trinajstić information content (AvgIpc) is 3.53. The highest BCUT2D eigenvalue weighted by atomic mass is 32.2. The summed E-state index contributed by atoms with van der Waals surface area (Å²) >= 11 is 0. The Morgan fingerprint density at radius 1 is 1.17 bits per heavy atom. The molecule has 7 nitrogen and oxygen atoms in total. The third kappa shape index (κ3) is 4.58. The van der Waals surface area contributed by atoms with Gasteiger partial charge in [-0.25, -0.2) is 22.2 Å². The molecule has 5 rings (SSSR count). The fourth-order valence-corrected chi connectivity index (χ4v) is 6.35. The molecule has 35 heavy (non-hydrogen) atoms. The van der Waals surface area contributed by atoms with Crippen LogP contribution in [0.4, 0.5) is 10.1 Å². The van der Waals surface area contributed by atoms with Crippen molar-refractivity contribution in [3.05, 3.63) is 72.4 Å². The molecule has 1 atom stereocenters. The van der Waals surface area contributed by atoms with E-state index in [4.69, 9.17) is 0 Å². The van der Waals surface area contributed by atoms with Gasteiger partial charge in [0.1, 0.15) is 5.82 Å². The number of sulfonamides is 1. The normalized spacial score (nSPS) is 18.6. The zero-order valence-corrected chi connectivity index (χ0v) is 21.0. The number of nitrogens with one attached hydrogen (secondary N) is 1. The van der Waals surface area contributed by atoms with Crippen molar-refractivity contribution >= 4 is 26.6 Å². The van der Waals surface area contributed by atoms with Gasteiger partial charge in [0.15, 0.2) is 0 Å². The highest BCUT2D eigenvalue weighted by Crippen LogP contribution is 2.33. The summed E-state index contributed by atoms with van der Waals surface area (Å²) in [6.07, 6.45) is 6.96. The summed E-state index contributed by atoms with van der Waals surface area (Å²) in [7, 11) is -3.62.